The highest BCUT2D eigenvalue weighted by molar-refractivity contribution is 5.94. The molecule has 2 aromatic carbocycles. The van der Waals surface area contributed by atoms with E-state index in [9.17, 15) is 4.79 Å². The number of nitrogens with one attached hydrogen (secondary N) is 1. The molecule has 0 saturated carbocycles. The minimum absolute atomic E-state index is 0.472. The number of aromatic amines is 1. The summed E-state index contributed by atoms with van der Waals surface area (Å²) in [5, 5.41) is 10.1. The first-order valence-corrected chi connectivity index (χ1v) is 12.9. The molecule has 1 fully saturated rings. The normalized spacial score (nSPS) is 16.1. The quantitative estimate of drug-likeness (QED) is 0.487. The third-order valence-electron chi connectivity index (χ3n) is 7.28. The summed E-state index contributed by atoms with van der Waals surface area (Å²) in [4.78, 5) is 21.9. The number of anilines is 2. The summed E-state index contributed by atoms with van der Waals surface area (Å²) in [5.41, 5.74) is 9.68. The number of unbranched alkanes of at least 4 members (excludes halogenated alkanes) is 1. The maximum atomic E-state index is 12.1. The number of piperazine rings is 1. The van der Waals surface area contributed by atoms with Crippen LogP contribution in [0.25, 0.3) is 10.9 Å². The van der Waals surface area contributed by atoms with Crippen LogP contribution in [-0.4, -0.2) is 61.8 Å². The summed E-state index contributed by atoms with van der Waals surface area (Å²) in [5.74, 6) is 1.77. The number of primary amides is 1. The molecule has 0 aliphatic carbocycles. The minimum Gasteiger partial charge on any atom is -0.491 e. The number of hydrogen-bond donors (Lipinski definition) is 2. The number of para-hydroxylation sites is 1. The number of aryl methyl sites for hydroxylation is 1. The van der Waals surface area contributed by atoms with E-state index in [1.807, 2.05) is 12.1 Å². The number of nitriles is 1. The maximum Gasteiger partial charge on any atom is 0.320 e. The summed E-state index contributed by atoms with van der Waals surface area (Å²) in [6.45, 7) is 6.40. The van der Waals surface area contributed by atoms with Gasteiger partial charge in [0, 0.05) is 43.6 Å². The average molecular weight is 487 g/mol. The van der Waals surface area contributed by atoms with Gasteiger partial charge in [-0.1, -0.05) is 18.2 Å². The summed E-state index contributed by atoms with van der Waals surface area (Å²) < 4.78 is 6.13. The molecular formula is C28H34N6O2. The van der Waals surface area contributed by atoms with Gasteiger partial charge in [-0.15, -0.1) is 0 Å². The number of nitrogens with zero attached hydrogens (tertiary/aromatic N) is 4. The topological polar surface area (TPSA) is 102 Å². The Morgan fingerprint density at radius 1 is 1.11 bits per heavy atom. The third kappa shape index (κ3) is 5.26. The highest BCUT2D eigenvalue weighted by Gasteiger charge is 2.22. The Hall–Kier alpha value is -3.70. The zero-order valence-electron chi connectivity index (χ0n) is 20.7. The van der Waals surface area contributed by atoms with Crippen molar-refractivity contribution in [3.05, 3.63) is 53.6 Å². The van der Waals surface area contributed by atoms with E-state index in [0.717, 1.165) is 81.7 Å². The van der Waals surface area contributed by atoms with Crippen LogP contribution in [0, 0.1) is 11.3 Å². The highest BCUT2D eigenvalue weighted by atomic mass is 16.5. The van der Waals surface area contributed by atoms with Gasteiger partial charge in [0.15, 0.2) is 0 Å². The van der Waals surface area contributed by atoms with Gasteiger partial charge in [-0.25, -0.2) is 4.79 Å². The van der Waals surface area contributed by atoms with Crippen LogP contribution >= 0.6 is 0 Å². The van der Waals surface area contributed by atoms with E-state index in [1.54, 1.807) is 17.0 Å². The van der Waals surface area contributed by atoms with Gasteiger partial charge >= 0.3 is 6.03 Å². The van der Waals surface area contributed by atoms with Crippen LogP contribution in [0.1, 0.15) is 36.8 Å². The molecular weight excluding hydrogens is 452 g/mol. The molecule has 3 heterocycles. The SMILES string of the molecule is N#Cc1ccc2cc(N(CCCCN3CCN(c4cccc5c4OCCCC5)CC3)C(N)=O)[nH]c2c1. The van der Waals surface area contributed by atoms with Gasteiger partial charge in [0.25, 0.3) is 0 Å². The number of rotatable bonds is 7. The second-order valence-electron chi connectivity index (χ2n) is 9.67. The number of amides is 2. The van der Waals surface area contributed by atoms with Crippen LogP contribution in [-0.2, 0) is 6.42 Å². The number of carbonyl (C=O) groups excluding carboxylic acids is 1. The summed E-state index contributed by atoms with van der Waals surface area (Å²) >= 11 is 0. The fourth-order valence-electron chi connectivity index (χ4n) is 5.27. The van der Waals surface area contributed by atoms with Crippen LogP contribution in [0.15, 0.2) is 42.5 Å². The van der Waals surface area contributed by atoms with Gasteiger partial charge in [0.2, 0.25) is 0 Å². The molecule has 3 aromatic rings. The maximum absolute atomic E-state index is 12.1. The van der Waals surface area contributed by atoms with Crippen molar-refractivity contribution in [3.63, 3.8) is 0 Å². The standard InChI is InChI=1S/C28H34N6O2/c29-20-21-9-10-23-19-26(31-24(23)18-21)34(28(30)35)12-3-2-11-32-13-15-33(16-14-32)25-8-5-7-22-6-1-4-17-36-27(22)25/h5,7-10,18-19,31H,1-4,6,11-17H2,(H2,30,35). The summed E-state index contributed by atoms with van der Waals surface area (Å²) in [6, 6.07) is 15.6. The fourth-order valence-corrected chi connectivity index (χ4v) is 5.27. The Labute approximate surface area is 212 Å². The van der Waals surface area contributed by atoms with Gasteiger partial charge in [-0.3, -0.25) is 9.80 Å². The third-order valence-corrected chi connectivity index (χ3v) is 7.28. The van der Waals surface area contributed by atoms with Crippen LogP contribution in [0.5, 0.6) is 5.75 Å². The first-order valence-electron chi connectivity index (χ1n) is 12.9. The number of carbonyl (C=O) groups is 1. The smallest absolute Gasteiger partial charge is 0.320 e. The molecule has 0 spiro atoms. The Kier molecular flexibility index (Phi) is 7.28. The molecule has 188 valence electrons. The minimum atomic E-state index is -0.472. The molecule has 5 rings (SSSR count). The zero-order valence-corrected chi connectivity index (χ0v) is 20.7. The van der Waals surface area contributed by atoms with E-state index in [0.29, 0.717) is 17.9 Å². The number of nitrogens with two attached hydrogens (primary N) is 1. The van der Waals surface area contributed by atoms with Crippen molar-refractivity contribution in [2.24, 2.45) is 5.73 Å². The van der Waals surface area contributed by atoms with Crippen molar-refractivity contribution in [1.29, 1.82) is 5.26 Å². The zero-order chi connectivity index (χ0) is 24.9. The van der Waals surface area contributed by atoms with Gasteiger partial charge in [-0.2, -0.15) is 5.26 Å². The Morgan fingerprint density at radius 2 is 1.97 bits per heavy atom. The lowest BCUT2D eigenvalue weighted by Crippen LogP contribution is -2.47. The molecule has 3 N–H and O–H groups in total. The van der Waals surface area contributed by atoms with Crippen molar-refractivity contribution < 1.29 is 9.53 Å². The lowest BCUT2D eigenvalue weighted by atomic mass is 10.1. The van der Waals surface area contributed by atoms with Crippen LogP contribution in [0.3, 0.4) is 0 Å². The predicted molar refractivity (Wildman–Crippen MR) is 143 cm³/mol. The van der Waals surface area contributed by atoms with E-state index in [-0.39, 0.29) is 0 Å². The lowest BCUT2D eigenvalue weighted by molar-refractivity contribution is 0.248. The number of benzene rings is 2. The van der Waals surface area contributed by atoms with E-state index in [2.05, 4.69) is 39.1 Å². The molecule has 0 atom stereocenters. The monoisotopic (exact) mass is 486 g/mol. The van der Waals surface area contributed by atoms with Crippen LogP contribution in [0.4, 0.5) is 16.3 Å². The molecule has 36 heavy (non-hydrogen) atoms. The van der Waals surface area contributed by atoms with Crippen molar-refractivity contribution in [2.45, 2.75) is 32.1 Å². The largest absolute Gasteiger partial charge is 0.491 e. The number of aromatic nitrogens is 1. The molecule has 8 heteroatoms. The molecule has 1 saturated heterocycles. The average Bonchev–Trinajstić information content (AvgIpc) is 3.16. The van der Waals surface area contributed by atoms with Crippen molar-refractivity contribution in [2.75, 3.05) is 55.7 Å². The molecule has 2 amide bonds. The Balaban J connectivity index is 1.11. The van der Waals surface area contributed by atoms with Crippen LogP contribution < -0.4 is 20.3 Å². The number of fused-ring (bicyclic) bond motifs is 2. The Morgan fingerprint density at radius 3 is 2.78 bits per heavy atom. The van der Waals surface area contributed by atoms with Gasteiger partial charge < -0.3 is 20.4 Å². The predicted octanol–water partition coefficient (Wildman–Crippen LogP) is 4.24. The van der Waals surface area contributed by atoms with Gasteiger partial charge in [0.05, 0.1) is 23.9 Å². The van der Waals surface area contributed by atoms with Crippen molar-refractivity contribution in [1.82, 2.24) is 9.88 Å². The van der Waals surface area contributed by atoms with E-state index in [4.69, 9.17) is 15.7 Å². The number of H-pyrrole nitrogens is 1. The number of ether oxygens (including phenoxy) is 1. The number of hydrogen-bond acceptors (Lipinski definition) is 5. The Bertz CT molecular complexity index is 1250. The summed E-state index contributed by atoms with van der Waals surface area (Å²) in [7, 11) is 0. The van der Waals surface area contributed by atoms with Crippen LogP contribution in [0.2, 0.25) is 0 Å². The molecule has 0 radical (unpaired) electrons. The lowest BCUT2D eigenvalue weighted by Gasteiger charge is -2.37. The molecule has 0 bridgehead atoms. The second-order valence-corrected chi connectivity index (χ2v) is 9.67. The summed E-state index contributed by atoms with van der Waals surface area (Å²) in [6.07, 6.45) is 5.27. The molecule has 1 aromatic heterocycles. The first kappa shape index (κ1) is 24.0. The molecule has 0 unspecified atom stereocenters. The van der Waals surface area contributed by atoms with Gasteiger partial charge in [0.1, 0.15) is 11.6 Å². The molecule has 8 nitrogen and oxygen atoms in total. The molecule has 2 aliphatic rings. The fraction of sp³-hybridized carbons (Fsp3) is 0.429. The molecule has 2 aliphatic heterocycles. The number of urea groups is 1. The highest BCUT2D eigenvalue weighted by Crippen LogP contribution is 2.35. The van der Waals surface area contributed by atoms with E-state index >= 15 is 0 Å². The first-order chi connectivity index (χ1) is 17.6. The van der Waals surface area contributed by atoms with E-state index < -0.39 is 6.03 Å². The van der Waals surface area contributed by atoms with Crippen molar-refractivity contribution >= 4 is 28.4 Å². The second kappa shape index (κ2) is 10.9. The van der Waals surface area contributed by atoms with Gasteiger partial charge in [-0.05, 0) is 68.5 Å². The van der Waals surface area contributed by atoms with Crippen molar-refractivity contribution in [3.8, 4) is 11.8 Å². The van der Waals surface area contributed by atoms with E-state index in [1.165, 1.54) is 17.7 Å².